The summed E-state index contributed by atoms with van der Waals surface area (Å²) in [5, 5.41) is 8.30. The average Bonchev–Trinajstić information content (AvgIpc) is 1.96. The largest absolute Gasteiger partial charge is 0.480 e. The minimum Gasteiger partial charge on any atom is -0.480 e. The second-order valence-corrected chi connectivity index (χ2v) is 2.21. The molecule has 4 nitrogen and oxygen atoms in total. The molecule has 1 N–H and O–H groups in total. The Balaban J connectivity index is 3.06. The summed E-state index contributed by atoms with van der Waals surface area (Å²) in [6, 6.07) is 1.97. The van der Waals surface area contributed by atoms with Gasteiger partial charge in [0.1, 0.15) is 12.4 Å². The van der Waals surface area contributed by atoms with Gasteiger partial charge in [0.05, 0.1) is 0 Å². The molecule has 12 heavy (non-hydrogen) atoms. The monoisotopic (exact) mass is 171 g/mol. The molecule has 1 aromatic rings. The lowest BCUT2D eigenvalue weighted by atomic mass is 10.4. The number of carboxylic acid groups (broad SMARTS) is 1. The molecule has 0 saturated heterocycles. The van der Waals surface area contributed by atoms with Gasteiger partial charge in [-0.05, 0) is 6.07 Å². The molecule has 0 aliphatic heterocycles. The summed E-state index contributed by atoms with van der Waals surface area (Å²) in [5.41, 5.74) is -0.529. The van der Waals surface area contributed by atoms with E-state index in [0.717, 1.165) is 22.9 Å². The van der Waals surface area contributed by atoms with Crippen LogP contribution in [0, 0.1) is 5.82 Å². The molecule has 0 spiro atoms. The van der Waals surface area contributed by atoms with E-state index in [-0.39, 0.29) is 0 Å². The Morgan fingerprint density at radius 1 is 1.58 bits per heavy atom. The first-order chi connectivity index (χ1) is 5.59. The third-order valence-corrected chi connectivity index (χ3v) is 1.25. The van der Waals surface area contributed by atoms with Crippen LogP contribution in [0.25, 0.3) is 0 Å². The predicted molar refractivity (Wildman–Crippen MR) is 38.3 cm³/mol. The lowest BCUT2D eigenvalue weighted by molar-refractivity contribution is -0.137. The van der Waals surface area contributed by atoms with E-state index in [9.17, 15) is 14.0 Å². The Morgan fingerprint density at radius 3 is 2.83 bits per heavy atom. The first-order valence-corrected chi connectivity index (χ1v) is 3.17. The molecule has 0 aromatic carbocycles. The summed E-state index contributed by atoms with van der Waals surface area (Å²) in [7, 11) is 0. The zero-order valence-electron chi connectivity index (χ0n) is 6.03. The molecule has 5 heteroatoms. The third-order valence-electron chi connectivity index (χ3n) is 1.25. The van der Waals surface area contributed by atoms with E-state index in [1.54, 1.807) is 0 Å². The topological polar surface area (TPSA) is 59.3 Å². The zero-order valence-corrected chi connectivity index (χ0v) is 6.03. The molecule has 1 aromatic heterocycles. The van der Waals surface area contributed by atoms with Crippen LogP contribution in [-0.4, -0.2) is 15.6 Å². The van der Waals surface area contributed by atoms with Crippen LogP contribution in [0.3, 0.4) is 0 Å². The number of nitrogens with zero attached hydrogens (tertiary/aromatic N) is 1. The van der Waals surface area contributed by atoms with Crippen molar-refractivity contribution in [3.05, 3.63) is 34.5 Å². The maximum absolute atomic E-state index is 12.4. The number of carboxylic acids is 1. The molecular formula is C7H6FNO3. The number of aliphatic carboxylic acids is 1. The Labute approximate surface area is 66.9 Å². The third kappa shape index (κ3) is 1.91. The van der Waals surface area contributed by atoms with E-state index in [1.807, 2.05) is 0 Å². The predicted octanol–water partition coefficient (Wildman–Crippen LogP) is 0.0720. The van der Waals surface area contributed by atoms with Gasteiger partial charge in [0.2, 0.25) is 0 Å². The highest BCUT2D eigenvalue weighted by Gasteiger charge is 2.01. The van der Waals surface area contributed by atoms with Gasteiger partial charge in [-0.2, -0.15) is 0 Å². The van der Waals surface area contributed by atoms with Crippen molar-refractivity contribution in [2.45, 2.75) is 6.54 Å². The Hall–Kier alpha value is -1.65. The highest BCUT2D eigenvalue weighted by molar-refractivity contribution is 5.66. The van der Waals surface area contributed by atoms with Gasteiger partial charge in [-0.3, -0.25) is 9.59 Å². The van der Waals surface area contributed by atoms with Crippen LogP contribution in [0.4, 0.5) is 4.39 Å². The number of carbonyl (C=O) groups is 1. The van der Waals surface area contributed by atoms with E-state index in [2.05, 4.69) is 0 Å². The molecule has 0 bridgehead atoms. The first kappa shape index (κ1) is 8.45. The van der Waals surface area contributed by atoms with E-state index in [0.29, 0.717) is 0 Å². The van der Waals surface area contributed by atoms with Crippen LogP contribution in [0.15, 0.2) is 23.1 Å². The van der Waals surface area contributed by atoms with E-state index >= 15 is 0 Å². The molecule has 0 aliphatic carbocycles. The lowest BCUT2D eigenvalue weighted by Gasteiger charge is -1.99. The fraction of sp³-hybridized carbons (Fsp3) is 0.143. The van der Waals surface area contributed by atoms with Crippen LogP contribution in [0.1, 0.15) is 0 Å². The van der Waals surface area contributed by atoms with Gasteiger partial charge in [0.15, 0.2) is 0 Å². The minimum atomic E-state index is -1.18. The van der Waals surface area contributed by atoms with Crippen molar-refractivity contribution in [1.82, 2.24) is 4.57 Å². The number of hydrogen-bond donors (Lipinski definition) is 1. The highest BCUT2D eigenvalue weighted by Crippen LogP contribution is 1.91. The maximum atomic E-state index is 12.4. The minimum absolute atomic E-state index is 0.517. The molecule has 0 radical (unpaired) electrons. The normalized spacial score (nSPS) is 9.75. The smallest absolute Gasteiger partial charge is 0.323 e. The molecule has 0 aliphatic rings. The van der Waals surface area contributed by atoms with E-state index in [1.165, 1.54) is 0 Å². The molecule has 1 rings (SSSR count). The van der Waals surface area contributed by atoms with Crippen LogP contribution in [-0.2, 0) is 11.3 Å². The zero-order chi connectivity index (χ0) is 9.14. The summed E-state index contributed by atoms with van der Waals surface area (Å²) in [6.45, 7) is -0.517. The van der Waals surface area contributed by atoms with Crippen LogP contribution in [0.5, 0.6) is 0 Å². The number of rotatable bonds is 2. The van der Waals surface area contributed by atoms with Crippen molar-refractivity contribution in [3.8, 4) is 0 Å². The molecule has 0 atom stereocenters. The summed E-state index contributed by atoms with van der Waals surface area (Å²) < 4.78 is 13.2. The highest BCUT2D eigenvalue weighted by atomic mass is 19.1. The fourth-order valence-electron chi connectivity index (χ4n) is 0.771. The van der Waals surface area contributed by atoms with Crippen molar-refractivity contribution < 1.29 is 14.3 Å². The Bertz CT molecular complexity index is 358. The lowest BCUT2D eigenvalue weighted by Crippen LogP contribution is -2.22. The van der Waals surface area contributed by atoms with E-state index < -0.39 is 23.9 Å². The number of halogens is 1. The van der Waals surface area contributed by atoms with Crippen LogP contribution in [0.2, 0.25) is 0 Å². The fourth-order valence-corrected chi connectivity index (χ4v) is 0.771. The van der Waals surface area contributed by atoms with Gasteiger partial charge >= 0.3 is 5.97 Å². The summed E-state index contributed by atoms with van der Waals surface area (Å²) >= 11 is 0. The molecule has 1 heterocycles. The quantitative estimate of drug-likeness (QED) is 0.685. The molecule has 0 amide bonds. The van der Waals surface area contributed by atoms with Crippen molar-refractivity contribution in [2.75, 3.05) is 0 Å². The van der Waals surface area contributed by atoms with Gasteiger partial charge in [0, 0.05) is 12.3 Å². The average molecular weight is 171 g/mol. The maximum Gasteiger partial charge on any atom is 0.323 e. The summed E-state index contributed by atoms with van der Waals surface area (Å²) in [6.07, 6.45) is 0.858. The first-order valence-electron chi connectivity index (χ1n) is 3.17. The SMILES string of the molecule is O=C(O)Cn1cc(F)ccc1=O. The van der Waals surface area contributed by atoms with Gasteiger partial charge < -0.3 is 9.67 Å². The molecule has 0 saturated carbocycles. The molecule has 0 fully saturated rings. The number of hydrogen-bond acceptors (Lipinski definition) is 2. The van der Waals surface area contributed by atoms with Crippen molar-refractivity contribution in [2.24, 2.45) is 0 Å². The second kappa shape index (κ2) is 3.17. The Morgan fingerprint density at radius 2 is 2.25 bits per heavy atom. The van der Waals surface area contributed by atoms with Crippen molar-refractivity contribution in [1.29, 1.82) is 0 Å². The molecular weight excluding hydrogens is 165 g/mol. The van der Waals surface area contributed by atoms with Gasteiger partial charge in [-0.1, -0.05) is 0 Å². The van der Waals surface area contributed by atoms with Crippen molar-refractivity contribution >= 4 is 5.97 Å². The van der Waals surface area contributed by atoms with Gasteiger partial charge in [-0.25, -0.2) is 4.39 Å². The van der Waals surface area contributed by atoms with Crippen LogP contribution >= 0.6 is 0 Å². The summed E-state index contributed by atoms with van der Waals surface area (Å²) in [4.78, 5) is 21.0. The number of aromatic nitrogens is 1. The second-order valence-electron chi connectivity index (χ2n) is 2.21. The Kier molecular flexibility index (Phi) is 2.23. The van der Waals surface area contributed by atoms with Crippen molar-refractivity contribution in [3.63, 3.8) is 0 Å². The van der Waals surface area contributed by atoms with Gasteiger partial charge in [0.25, 0.3) is 5.56 Å². The molecule has 0 unspecified atom stereocenters. The van der Waals surface area contributed by atoms with Gasteiger partial charge in [-0.15, -0.1) is 0 Å². The standard InChI is InChI=1S/C7H6FNO3/c8-5-1-2-6(10)9(3-5)4-7(11)12/h1-3H,4H2,(H,11,12). The molecule has 64 valence electrons. The number of pyridine rings is 1. The van der Waals surface area contributed by atoms with E-state index in [4.69, 9.17) is 5.11 Å². The van der Waals surface area contributed by atoms with Crippen LogP contribution < -0.4 is 5.56 Å². The summed E-state index contributed by atoms with van der Waals surface area (Å²) in [5.74, 6) is -1.81.